The molecule has 0 bridgehead atoms. The number of rotatable bonds is 6. The third-order valence-corrected chi connectivity index (χ3v) is 3.48. The fraction of sp³-hybridized carbons (Fsp3) is 0.263. The smallest absolute Gasteiger partial charge is 0.126 e. The minimum absolute atomic E-state index is 0.457. The van der Waals surface area contributed by atoms with Gasteiger partial charge in [-0.3, -0.25) is 0 Å². The Morgan fingerprint density at radius 3 is 1.74 bits per heavy atom. The molecule has 2 aromatic carbocycles. The van der Waals surface area contributed by atoms with E-state index in [-0.39, 0.29) is 0 Å². The van der Waals surface area contributed by atoms with Gasteiger partial charge in [-0.05, 0) is 41.8 Å². The number of hydrogen-bond acceptors (Lipinski definition) is 2. The molecule has 0 unspecified atom stereocenters. The summed E-state index contributed by atoms with van der Waals surface area (Å²) in [4.78, 5) is 0. The first-order valence-electron chi connectivity index (χ1n) is 7.46. The van der Waals surface area contributed by atoms with Crippen molar-refractivity contribution in [2.75, 3.05) is 14.2 Å². The van der Waals surface area contributed by atoms with E-state index in [9.17, 15) is 8.78 Å². The van der Waals surface area contributed by atoms with Crippen LogP contribution in [0.4, 0.5) is 8.78 Å². The van der Waals surface area contributed by atoms with Crippen molar-refractivity contribution in [2.45, 2.75) is 19.8 Å². The molecule has 4 heteroatoms. The maximum atomic E-state index is 13.2. The molecule has 0 atom stereocenters. The van der Waals surface area contributed by atoms with Gasteiger partial charge in [0.25, 0.3) is 0 Å². The van der Waals surface area contributed by atoms with E-state index in [1.54, 1.807) is 26.4 Å². The van der Waals surface area contributed by atoms with Crippen LogP contribution in [0.25, 0.3) is 12.2 Å². The molecule has 0 N–H and O–H groups in total. The molecule has 0 saturated carbocycles. The molecule has 122 valence electrons. The van der Waals surface area contributed by atoms with E-state index in [0.717, 1.165) is 41.5 Å². The van der Waals surface area contributed by atoms with Crippen LogP contribution in [0.1, 0.15) is 30.0 Å². The molecule has 0 saturated heterocycles. The normalized spacial score (nSPS) is 11.0. The summed E-state index contributed by atoms with van der Waals surface area (Å²) < 4.78 is 37.3. The van der Waals surface area contributed by atoms with Gasteiger partial charge in [0.15, 0.2) is 0 Å². The first-order chi connectivity index (χ1) is 11.1. The second-order valence-electron chi connectivity index (χ2n) is 5.19. The van der Waals surface area contributed by atoms with Crippen molar-refractivity contribution in [3.8, 4) is 11.5 Å². The maximum Gasteiger partial charge on any atom is 0.126 e. The van der Waals surface area contributed by atoms with Crippen molar-refractivity contribution in [2.24, 2.45) is 0 Å². The number of ether oxygens (including phenoxy) is 2. The molecular weight excluding hydrogens is 298 g/mol. The monoisotopic (exact) mass is 318 g/mol. The average molecular weight is 318 g/mol. The molecule has 2 aromatic rings. The largest absolute Gasteiger partial charge is 0.496 e. The number of methoxy groups -OCH3 is 2. The van der Waals surface area contributed by atoms with Crippen LogP contribution < -0.4 is 9.47 Å². The Morgan fingerprint density at radius 1 is 0.826 bits per heavy atom. The van der Waals surface area contributed by atoms with Gasteiger partial charge in [-0.25, -0.2) is 8.78 Å². The first-order valence-corrected chi connectivity index (χ1v) is 7.46. The van der Waals surface area contributed by atoms with E-state index >= 15 is 0 Å². The quantitative estimate of drug-likeness (QED) is 0.690. The molecule has 0 aliphatic carbocycles. The van der Waals surface area contributed by atoms with Crippen molar-refractivity contribution in [3.05, 3.63) is 58.7 Å². The van der Waals surface area contributed by atoms with Gasteiger partial charge in [-0.2, -0.15) is 0 Å². The minimum Gasteiger partial charge on any atom is -0.496 e. The Bertz CT molecular complexity index is 663. The second-order valence-corrected chi connectivity index (χ2v) is 5.19. The van der Waals surface area contributed by atoms with Crippen LogP contribution in [0, 0.1) is 11.6 Å². The van der Waals surface area contributed by atoms with Gasteiger partial charge in [0.05, 0.1) is 14.2 Å². The van der Waals surface area contributed by atoms with Gasteiger partial charge in [0.1, 0.15) is 23.1 Å². The lowest BCUT2D eigenvalue weighted by Crippen LogP contribution is -1.97. The van der Waals surface area contributed by atoms with Crippen LogP contribution in [-0.4, -0.2) is 14.2 Å². The Hall–Kier alpha value is -2.36. The highest BCUT2D eigenvalue weighted by Crippen LogP contribution is 2.32. The van der Waals surface area contributed by atoms with Crippen molar-refractivity contribution in [1.29, 1.82) is 0 Å². The lowest BCUT2D eigenvalue weighted by molar-refractivity contribution is 0.385. The molecule has 0 aliphatic rings. The van der Waals surface area contributed by atoms with Gasteiger partial charge >= 0.3 is 0 Å². The van der Waals surface area contributed by atoms with Crippen LogP contribution in [0.2, 0.25) is 0 Å². The van der Waals surface area contributed by atoms with Gasteiger partial charge in [-0.1, -0.05) is 25.5 Å². The van der Waals surface area contributed by atoms with E-state index in [4.69, 9.17) is 9.47 Å². The number of hydrogen-bond donors (Lipinski definition) is 0. The molecule has 0 spiro atoms. The van der Waals surface area contributed by atoms with E-state index in [1.807, 2.05) is 12.1 Å². The van der Waals surface area contributed by atoms with E-state index in [1.165, 1.54) is 12.1 Å². The summed E-state index contributed by atoms with van der Waals surface area (Å²) in [5.74, 6) is 0.295. The second kappa shape index (κ2) is 7.77. The molecule has 2 rings (SSSR count). The summed E-state index contributed by atoms with van der Waals surface area (Å²) in [6.07, 6.45) is 5.25. The Labute approximate surface area is 135 Å². The van der Waals surface area contributed by atoms with Crippen LogP contribution >= 0.6 is 0 Å². The molecule has 2 nitrogen and oxygen atoms in total. The van der Waals surface area contributed by atoms with Crippen LogP contribution in [0.5, 0.6) is 11.5 Å². The lowest BCUT2D eigenvalue weighted by atomic mass is 10.0. The topological polar surface area (TPSA) is 18.5 Å². The van der Waals surface area contributed by atoms with Crippen LogP contribution in [-0.2, 0) is 6.42 Å². The van der Waals surface area contributed by atoms with Crippen molar-refractivity contribution in [1.82, 2.24) is 0 Å². The Balaban J connectivity index is 2.37. The van der Waals surface area contributed by atoms with Crippen LogP contribution in [0.3, 0.4) is 0 Å². The zero-order valence-corrected chi connectivity index (χ0v) is 13.5. The van der Waals surface area contributed by atoms with Crippen molar-refractivity contribution >= 4 is 12.2 Å². The third kappa shape index (κ3) is 4.31. The molecule has 0 heterocycles. The Kier molecular flexibility index (Phi) is 5.74. The fourth-order valence-corrected chi connectivity index (χ4v) is 2.46. The predicted molar refractivity (Wildman–Crippen MR) is 88.8 cm³/mol. The summed E-state index contributed by atoms with van der Waals surface area (Å²) in [6, 6.07) is 7.18. The van der Waals surface area contributed by atoms with E-state index in [2.05, 4.69) is 6.92 Å². The van der Waals surface area contributed by atoms with E-state index < -0.39 is 11.6 Å². The molecule has 0 radical (unpaired) electrons. The standard InChI is InChI=1S/C19H20F2O2/c1-4-5-17-18(22-2)10-14(11-19(17)23-3)7-6-13-8-15(20)12-16(21)9-13/h6-12H,4-5H2,1-3H3/b7-6+. The number of benzene rings is 2. The third-order valence-electron chi connectivity index (χ3n) is 3.48. The lowest BCUT2D eigenvalue weighted by Gasteiger charge is -2.14. The number of halogens is 2. The Morgan fingerprint density at radius 2 is 1.30 bits per heavy atom. The summed E-state index contributed by atoms with van der Waals surface area (Å²) in [5.41, 5.74) is 2.31. The summed E-state index contributed by atoms with van der Waals surface area (Å²) in [7, 11) is 3.23. The average Bonchev–Trinajstić information content (AvgIpc) is 2.52. The molecule has 0 amide bonds. The van der Waals surface area contributed by atoms with E-state index in [0.29, 0.717) is 5.56 Å². The van der Waals surface area contributed by atoms with Crippen molar-refractivity contribution in [3.63, 3.8) is 0 Å². The fourth-order valence-electron chi connectivity index (χ4n) is 2.46. The SMILES string of the molecule is CCCc1c(OC)cc(/C=C/c2cc(F)cc(F)c2)cc1OC. The highest BCUT2D eigenvalue weighted by atomic mass is 19.1. The minimum atomic E-state index is -0.599. The summed E-state index contributed by atoms with van der Waals surface area (Å²) in [6.45, 7) is 2.09. The summed E-state index contributed by atoms with van der Waals surface area (Å²) >= 11 is 0. The molecule has 0 aromatic heterocycles. The van der Waals surface area contributed by atoms with Gasteiger partial charge in [0, 0.05) is 11.6 Å². The highest BCUT2D eigenvalue weighted by Gasteiger charge is 2.10. The zero-order chi connectivity index (χ0) is 16.8. The van der Waals surface area contributed by atoms with Crippen molar-refractivity contribution < 1.29 is 18.3 Å². The van der Waals surface area contributed by atoms with Gasteiger partial charge in [-0.15, -0.1) is 0 Å². The molecule has 0 fully saturated rings. The van der Waals surface area contributed by atoms with Crippen LogP contribution in [0.15, 0.2) is 30.3 Å². The molecular formula is C19H20F2O2. The zero-order valence-electron chi connectivity index (χ0n) is 13.5. The molecule has 23 heavy (non-hydrogen) atoms. The maximum absolute atomic E-state index is 13.2. The predicted octanol–water partition coefficient (Wildman–Crippen LogP) is 5.10. The highest BCUT2D eigenvalue weighted by molar-refractivity contribution is 5.72. The molecule has 0 aliphatic heterocycles. The van der Waals surface area contributed by atoms with Gasteiger partial charge < -0.3 is 9.47 Å². The summed E-state index contributed by atoms with van der Waals surface area (Å²) in [5, 5.41) is 0. The first kappa shape index (κ1) is 17.0. The van der Waals surface area contributed by atoms with Gasteiger partial charge in [0.2, 0.25) is 0 Å².